The van der Waals surface area contributed by atoms with E-state index in [0.29, 0.717) is 17.2 Å². The molecule has 0 heterocycles. The van der Waals surface area contributed by atoms with Crippen LogP contribution in [0.15, 0.2) is 54.1 Å². The van der Waals surface area contributed by atoms with Gasteiger partial charge in [0.1, 0.15) is 11.5 Å². The van der Waals surface area contributed by atoms with Gasteiger partial charge in [0.25, 0.3) is 5.91 Å². The van der Waals surface area contributed by atoms with E-state index in [1.165, 1.54) is 14.2 Å². The molecule has 0 bridgehead atoms. The SMILES string of the molecule is COc1cc(NC(=O)C(=Cc2ccccc2)C(=O)C(C)C)cc(OC)c1. The predicted octanol–water partition coefficient (Wildman–Crippen LogP) is 3.95. The normalized spacial score (nSPS) is 11.2. The Morgan fingerprint density at radius 1 is 0.962 bits per heavy atom. The highest BCUT2D eigenvalue weighted by atomic mass is 16.5. The van der Waals surface area contributed by atoms with Gasteiger partial charge in [0.2, 0.25) is 0 Å². The van der Waals surface area contributed by atoms with E-state index in [1.807, 2.05) is 30.3 Å². The van der Waals surface area contributed by atoms with Crippen molar-refractivity contribution in [1.29, 1.82) is 0 Å². The summed E-state index contributed by atoms with van der Waals surface area (Å²) in [4.78, 5) is 25.3. The summed E-state index contributed by atoms with van der Waals surface area (Å²) in [5.41, 5.74) is 1.38. The van der Waals surface area contributed by atoms with Crippen molar-refractivity contribution in [3.8, 4) is 11.5 Å². The number of hydrogen-bond acceptors (Lipinski definition) is 4. The zero-order valence-corrected chi connectivity index (χ0v) is 15.4. The molecule has 2 aromatic rings. The van der Waals surface area contributed by atoms with Gasteiger partial charge in [0.05, 0.1) is 19.8 Å². The minimum absolute atomic E-state index is 0.105. The Morgan fingerprint density at radius 2 is 1.54 bits per heavy atom. The summed E-state index contributed by atoms with van der Waals surface area (Å²) in [5, 5.41) is 2.76. The fourth-order valence-electron chi connectivity index (χ4n) is 2.35. The van der Waals surface area contributed by atoms with E-state index in [1.54, 1.807) is 38.1 Å². The molecule has 2 aromatic carbocycles. The van der Waals surface area contributed by atoms with Crippen molar-refractivity contribution < 1.29 is 19.1 Å². The second kappa shape index (κ2) is 8.85. The molecule has 0 aliphatic rings. The fourth-order valence-corrected chi connectivity index (χ4v) is 2.35. The van der Waals surface area contributed by atoms with E-state index in [-0.39, 0.29) is 17.3 Å². The Bertz CT molecular complexity index is 788. The molecule has 0 aromatic heterocycles. The lowest BCUT2D eigenvalue weighted by Crippen LogP contribution is -2.23. The van der Waals surface area contributed by atoms with Crippen molar-refractivity contribution >= 4 is 23.5 Å². The molecule has 5 heteroatoms. The quantitative estimate of drug-likeness (QED) is 0.465. The van der Waals surface area contributed by atoms with E-state index in [9.17, 15) is 9.59 Å². The number of hydrogen-bond donors (Lipinski definition) is 1. The Morgan fingerprint density at radius 3 is 2.04 bits per heavy atom. The number of methoxy groups -OCH3 is 2. The fraction of sp³-hybridized carbons (Fsp3) is 0.238. The average molecular weight is 353 g/mol. The molecule has 136 valence electrons. The second-order valence-electron chi connectivity index (χ2n) is 6.04. The summed E-state index contributed by atoms with van der Waals surface area (Å²) in [7, 11) is 3.06. The van der Waals surface area contributed by atoms with Gasteiger partial charge < -0.3 is 14.8 Å². The van der Waals surface area contributed by atoms with Gasteiger partial charge in [-0.1, -0.05) is 44.2 Å². The molecule has 0 saturated heterocycles. The van der Waals surface area contributed by atoms with Crippen molar-refractivity contribution in [2.24, 2.45) is 5.92 Å². The summed E-state index contributed by atoms with van der Waals surface area (Å²) < 4.78 is 10.4. The summed E-state index contributed by atoms with van der Waals surface area (Å²) >= 11 is 0. The maximum absolute atomic E-state index is 12.8. The Hall–Kier alpha value is -3.08. The molecule has 0 saturated carbocycles. The summed E-state index contributed by atoms with van der Waals surface area (Å²) in [6, 6.07) is 14.3. The predicted molar refractivity (Wildman–Crippen MR) is 102 cm³/mol. The van der Waals surface area contributed by atoms with E-state index >= 15 is 0 Å². The minimum atomic E-state index is -0.470. The van der Waals surface area contributed by atoms with Crippen LogP contribution < -0.4 is 14.8 Å². The first kappa shape index (κ1) is 19.2. The molecule has 0 atom stereocenters. The van der Waals surface area contributed by atoms with Gasteiger partial charge in [-0.15, -0.1) is 0 Å². The monoisotopic (exact) mass is 353 g/mol. The zero-order valence-electron chi connectivity index (χ0n) is 15.4. The van der Waals surface area contributed by atoms with Gasteiger partial charge in [-0.05, 0) is 11.6 Å². The van der Waals surface area contributed by atoms with Crippen LogP contribution in [0.3, 0.4) is 0 Å². The highest BCUT2D eigenvalue weighted by Gasteiger charge is 2.21. The van der Waals surface area contributed by atoms with Crippen LogP contribution in [0.2, 0.25) is 0 Å². The number of nitrogens with one attached hydrogen (secondary N) is 1. The van der Waals surface area contributed by atoms with Crippen molar-refractivity contribution in [2.75, 3.05) is 19.5 Å². The molecule has 0 fully saturated rings. The van der Waals surface area contributed by atoms with Crippen LogP contribution in [0.1, 0.15) is 19.4 Å². The molecule has 0 unspecified atom stereocenters. The number of Topliss-reactive ketones (excluding diaryl/α,β-unsaturated/α-hetero) is 1. The summed E-state index contributed by atoms with van der Waals surface area (Å²) in [5.74, 6) is 0.103. The van der Waals surface area contributed by atoms with Gasteiger partial charge in [-0.2, -0.15) is 0 Å². The summed E-state index contributed by atoms with van der Waals surface area (Å²) in [6.45, 7) is 3.53. The van der Waals surface area contributed by atoms with Crippen molar-refractivity contribution in [3.05, 3.63) is 59.7 Å². The number of anilines is 1. The van der Waals surface area contributed by atoms with E-state index in [2.05, 4.69) is 5.32 Å². The number of amides is 1. The van der Waals surface area contributed by atoms with Crippen molar-refractivity contribution in [1.82, 2.24) is 0 Å². The second-order valence-corrected chi connectivity index (χ2v) is 6.04. The van der Waals surface area contributed by atoms with Gasteiger partial charge in [0.15, 0.2) is 5.78 Å². The molecule has 26 heavy (non-hydrogen) atoms. The lowest BCUT2D eigenvalue weighted by molar-refractivity contribution is -0.121. The molecule has 0 radical (unpaired) electrons. The maximum Gasteiger partial charge on any atom is 0.259 e. The van der Waals surface area contributed by atoms with Crippen LogP contribution in [0.25, 0.3) is 6.08 Å². The van der Waals surface area contributed by atoms with Crippen LogP contribution >= 0.6 is 0 Å². The third-order valence-electron chi connectivity index (χ3n) is 3.75. The number of carbonyl (C=O) groups excluding carboxylic acids is 2. The third kappa shape index (κ3) is 4.96. The molecular formula is C21H23NO4. The average Bonchev–Trinajstić information content (AvgIpc) is 2.65. The van der Waals surface area contributed by atoms with Crippen LogP contribution in [0, 0.1) is 5.92 Å². The highest BCUT2D eigenvalue weighted by molar-refractivity contribution is 6.26. The standard InChI is InChI=1S/C21H23NO4/c1-14(2)20(23)19(10-15-8-6-5-7-9-15)21(24)22-16-11-17(25-3)13-18(12-16)26-4/h5-14H,1-4H3,(H,22,24). The van der Waals surface area contributed by atoms with Crippen LogP contribution in [0.4, 0.5) is 5.69 Å². The van der Waals surface area contributed by atoms with Crippen molar-refractivity contribution in [2.45, 2.75) is 13.8 Å². The zero-order chi connectivity index (χ0) is 19.1. The molecular weight excluding hydrogens is 330 g/mol. The largest absolute Gasteiger partial charge is 0.497 e. The first-order valence-electron chi connectivity index (χ1n) is 8.30. The molecule has 2 rings (SSSR count). The van der Waals surface area contributed by atoms with Crippen LogP contribution in [-0.4, -0.2) is 25.9 Å². The lowest BCUT2D eigenvalue weighted by atomic mass is 9.98. The van der Waals surface area contributed by atoms with Gasteiger partial charge >= 0.3 is 0 Å². The third-order valence-corrected chi connectivity index (χ3v) is 3.75. The lowest BCUT2D eigenvalue weighted by Gasteiger charge is -2.12. The Labute approximate surface area is 153 Å². The number of benzene rings is 2. The highest BCUT2D eigenvalue weighted by Crippen LogP contribution is 2.26. The topological polar surface area (TPSA) is 64.6 Å². The Kier molecular flexibility index (Phi) is 6.55. The molecule has 5 nitrogen and oxygen atoms in total. The van der Waals surface area contributed by atoms with Crippen LogP contribution in [-0.2, 0) is 9.59 Å². The van der Waals surface area contributed by atoms with E-state index < -0.39 is 5.91 Å². The van der Waals surface area contributed by atoms with Crippen molar-refractivity contribution in [3.63, 3.8) is 0 Å². The molecule has 0 spiro atoms. The first-order valence-corrected chi connectivity index (χ1v) is 8.30. The molecule has 0 aliphatic carbocycles. The van der Waals surface area contributed by atoms with Gasteiger partial charge in [-0.25, -0.2) is 0 Å². The molecule has 1 N–H and O–H groups in total. The molecule has 0 aliphatic heterocycles. The first-order chi connectivity index (χ1) is 12.4. The molecule has 1 amide bonds. The van der Waals surface area contributed by atoms with Crippen LogP contribution in [0.5, 0.6) is 11.5 Å². The minimum Gasteiger partial charge on any atom is -0.497 e. The number of rotatable bonds is 7. The van der Waals surface area contributed by atoms with Gasteiger partial charge in [-0.3, -0.25) is 9.59 Å². The number of carbonyl (C=O) groups is 2. The smallest absolute Gasteiger partial charge is 0.259 e. The summed E-state index contributed by atoms with van der Waals surface area (Å²) in [6.07, 6.45) is 1.61. The number of ketones is 1. The maximum atomic E-state index is 12.8. The van der Waals surface area contributed by atoms with E-state index in [0.717, 1.165) is 5.56 Å². The number of ether oxygens (including phenoxy) is 2. The van der Waals surface area contributed by atoms with E-state index in [4.69, 9.17) is 9.47 Å². The Balaban J connectivity index is 2.36. The van der Waals surface area contributed by atoms with Gasteiger partial charge in [0, 0.05) is 29.8 Å².